The van der Waals surface area contributed by atoms with Crippen LogP contribution in [0.25, 0.3) is 21.2 Å². The maximum atomic E-state index is 13.1. The number of aldehydes is 1. The third-order valence-electron chi connectivity index (χ3n) is 8.88. The van der Waals surface area contributed by atoms with Gasteiger partial charge in [0, 0.05) is 50.7 Å². The Morgan fingerprint density at radius 2 is 1.56 bits per heavy atom. The Kier molecular flexibility index (Phi) is 20.0. The van der Waals surface area contributed by atoms with E-state index < -0.39 is 0 Å². The van der Waals surface area contributed by atoms with E-state index in [2.05, 4.69) is 10.6 Å². The van der Waals surface area contributed by atoms with Gasteiger partial charge >= 0.3 is 0 Å². The van der Waals surface area contributed by atoms with E-state index >= 15 is 0 Å². The molecule has 0 spiro atoms. The van der Waals surface area contributed by atoms with Crippen molar-refractivity contribution >= 4 is 63.0 Å². The molecular formula is C43H58N6O8S2. The summed E-state index contributed by atoms with van der Waals surface area (Å²) in [5.41, 5.74) is 8.23. The fourth-order valence-electron chi connectivity index (χ4n) is 5.92. The predicted molar refractivity (Wildman–Crippen MR) is 239 cm³/mol. The zero-order valence-corrected chi connectivity index (χ0v) is 37.0. The van der Waals surface area contributed by atoms with Gasteiger partial charge in [0.1, 0.15) is 11.6 Å². The first-order valence-corrected chi connectivity index (χ1v) is 21.8. The summed E-state index contributed by atoms with van der Waals surface area (Å²) in [4.78, 5) is 68.9. The van der Waals surface area contributed by atoms with Gasteiger partial charge in [0.15, 0.2) is 31.0 Å². The molecule has 5 rings (SSSR count). The first kappa shape index (κ1) is 48.0. The van der Waals surface area contributed by atoms with Crippen LogP contribution in [-0.2, 0) is 16.6 Å². The molecule has 3 amide bonds. The van der Waals surface area contributed by atoms with Crippen molar-refractivity contribution in [2.75, 3.05) is 59.0 Å². The number of hydrogen-bond donors (Lipinski definition) is 3. The minimum atomic E-state index is -0.386. The number of rotatable bonds is 17. The standard InChI is InChI=1S/C39H46N6O8S2.2C2H6/c1-44(2)38(49)26-8-7-9-30(29(26)21-46)52-22-34(47)41-14-5-6-15-42-35(48)23-53-31-11-10-24(18-32(31)51-4)28-20-45(3)39(50)27-19-33(55-36(27)28)37(40)43-25-12-16-54-17-13-25;2*1-2/h7-11,18-21,25H,5-6,12-17,22-23H2,1-4H3,(H2,40,43)(H,41,47)(H,42,48);2*1-2H3. The maximum Gasteiger partial charge on any atom is 0.259 e. The number of nitrogens with one attached hydrogen (secondary N) is 2. The Morgan fingerprint density at radius 1 is 0.932 bits per heavy atom. The molecule has 0 unspecified atom stereocenters. The van der Waals surface area contributed by atoms with Crippen LogP contribution in [0.3, 0.4) is 0 Å². The number of nitrogens with two attached hydrogens (primary N) is 1. The Labute approximate surface area is 354 Å². The minimum Gasteiger partial charge on any atom is -0.493 e. The number of methoxy groups -OCH3 is 1. The summed E-state index contributed by atoms with van der Waals surface area (Å²) >= 11 is 3.37. The predicted octanol–water partition coefficient (Wildman–Crippen LogP) is 5.91. The second-order valence-electron chi connectivity index (χ2n) is 13.1. The summed E-state index contributed by atoms with van der Waals surface area (Å²) in [6.07, 6.45) is 5.51. The number of ether oxygens (including phenoxy) is 3. The fourth-order valence-corrected chi connectivity index (χ4v) is 8.10. The van der Waals surface area contributed by atoms with Crippen LogP contribution in [-0.4, -0.2) is 104 Å². The Balaban J connectivity index is 0.00000225. The maximum absolute atomic E-state index is 13.1. The van der Waals surface area contributed by atoms with E-state index in [1.807, 2.05) is 57.7 Å². The molecule has 0 saturated carbocycles. The number of unbranched alkanes of at least 4 members (excludes halogenated alkanes) is 1. The Hall–Kier alpha value is -5.35. The lowest BCUT2D eigenvalue weighted by Gasteiger charge is -2.17. The highest BCUT2D eigenvalue weighted by molar-refractivity contribution is 7.99. The molecule has 14 nitrogen and oxygen atoms in total. The largest absolute Gasteiger partial charge is 0.493 e. The smallest absolute Gasteiger partial charge is 0.259 e. The van der Waals surface area contributed by atoms with Crippen molar-refractivity contribution in [2.45, 2.75) is 59.4 Å². The van der Waals surface area contributed by atoms with Crippen molar-refractivity contribution in [1.29, 1.82) is 0 Å². The number of thioether (sulfide) groups is 1. The number of thiophene rings is 1. The number of carbonyl (C=O) groups excluding carboxylic acids is 4. The monoisotopic (exact) mass is 850 g/mol. The summed E-state index contributed by atoms with van der Waals surface area (Å²) < 4.78 is 19.3. The molecule has 0 aliphatic carbocycles. The lowest BCUT2D eigenvalue weighted by Crippen LogP contribution is -2.32. The van der Waals surface area contributed by atoms with E-state index in [0.29, 0.717) is 54.9 Å². The molecule has 2 aromatic heterocycles. The van der Waals surface area contributed by atoms with Gasteiger partial charge in [-0.3, -0.25) is 29.0 Å². The lowest BCUT2D eigenvalue weighted by atomic mass is 10.1. The van der Waals surface area contributed by atoms with Crippen LogP contribution in [0.15, 0.2) is 58.4 Å². The Bertz CT molecular complexity index is 2120. The van der Waals surface area contributed by atoms with E-state index in [-0.39, 0.29) is 59.4 Å². The number of aromatic nitrogens is 1. The van der Waals surface area contributed by atoms with Crippen LogP contribution in [0.2, 0.25) is 0 Å². The summed E-state index contributed by atoms with van der Waals surface area (Å²) in [7, 11) is 6.39. The zero-order valence-electron chi connectivity index (χ0n) is 35.3. The zero-order chi connectivity index (χ0) is 43.5. The number of amides is 3. The topological polar surface area (TPSA) is 184 Å². The summed E-state index contributed by atoms with van der Waals surface area (Å²) in [6, 6.07) is 12.1. The van der Waals surface area contributed by atoms with Gasteiger partial charge in [-0.25, -0.2) is 0 Å². The highest BCUT2D eigenvalue weighted by atomic mass is 32.2. The van der Waals surface area contributed by atoms with Crippen molar-refractivity contribution in [3.63, 3.8) is 0 Å². The molecule has 0 atom stereocenters. The highest BCUT2D eigenvalue weighted by Crippen LogP contribution is 2.38. The number of aryl methyl sites for hydroxylation is 1. The van der Waals surface area contributed by atoms with Gasteiger partial charge < -0.3 is 40.0 Å². The molecule has 4 N–H and O–H groups in total. The van der Waals surface area contributed by atoms with Gasteiger partial charge in [0.2, 0.25) is 0 Å². The molecule has 1 aliphatic rings. The third kappa shape index (κ3) is 13.3. The summed E-state index contributed by atoms with van der Waals surface area (Å²) in [5.74, 6) is 2.50. The molecule has 1 saturated heterocycles. The van der Waals surface area contributed by atoms with Crippen LogP contribution in [0, 0.1) is 0 Å². The normalized spacial score (nSPS) is 12.6. The molecule has 1 aliphatic heterocycles. The first-order chi connectivity index (χ1) is 28.5. The molecule has 16 heteroatoms. The number of aliphatic imine (C=N–C) groups is 1. The first-order valence-electron chi connectivity index (χ1n) is 19.8. The number of nitrogens with zero attached hydrogens (tertiary/aromatic N) is 3. The number of pyridine rings is 1. The number of hydrogen-bond acceptors (Lipinski definition) is 11. The van der Waals surface area contributed by atoms with E-state index in [0.717, 1.165) is 45.1 Å². The molecular weight excluding hydrogens is 793 g/mol. The molecule has 0 bridgehead atoms. The fraction of sp³-hybridized carbons (Fsp3) is 0.442. The van der Waals surface area contributed by atoms with Crippen LogP contribution in [0.5, 0.6) is 17.2 Å². The lowest BCUT2D eigenvalue weighted by molar-refractivity contribution is -0.124. The Morgan fingerprint density at radius 3 is 2.15 bits per heavy atom. The van der Waals surface area contributed by atoms with Crippen molar-refractivity contribution < 1.29 is 33.4 Å². The number of fused-ring (bicyclic) bond motifs is 1. The highest BCUT2D eigenvalue weighted by Gasteiger charge is 2.20. The summed E-state index contributed by atoms with van der Waals surface area (Å²) in [6.45, 7) is 8.17. The SMILES string of the molecule is CC.CC.COc1cc(-c2cn(C)c(=O)c3cc(C(N)=NC4CCSCC4)sc23)ccc1OCC(=O)NCCCCNC(=O)COc1cccc(C(=O)N(C)C)c1C=O. The van der Waals surface area contributed by atoms with Gasteiger partial charge in [0.05, 0.1) is 34.5 Å². The molecule has 59 heavy (non-hydrogen) atoms. The van der Waals surface area contributed by atoms with Gasteiger partial charge in [-0.1, -0.05) is 39.8 Å². The van der Waals surface area contributed by atoms with Gasteiger partial charge in [-0.05, 0) is 73.1 Å². The average Bonchev–Trinajstić information content (AvgIpc) is 3.72. The average molecular weight is 851 g/mol. The molecule has 4 aromatic rings. The molecule has 320 valence electrons. The van der Waals surface area contributed by atoms with E-state index in [9.17, 15) is 24.0 Å². The van der Waals surface area contributed by atoms with Crippen LogP contribution in [0.4, 0.5) is 0 Å². The quantitative estimate of drug-likeness (QED) is 0.0500. The second-order valence-corrected chi connectivity index (χ2v) is 15.3. The van der Waals surface area contributed by atoms with E-state index in [4.69, 9.17) is 24.9 Å². The van der Waals surface area contributed by atoms with Gasteiger partial charge in [-0.2, -0.15) is 11.8 Å². The van der Waals surface area contributed by atoms with Crippen LogP contribution in [0.1, 0.15) is 79.0 Å². The van der Waals surface area contributed by atoms with Crippen molar-refractivity contribution in [1.82, 2.24) is 20.1 Å². The molecule has 0 radical (unpaired) electrons. The van der Waals surface area contributed by atoms with Crippen molar-refractivity contribution in [3.8, 4) is 28.4 Å². The van der Waals surface area contributed by atoms with E-state index in [1.165, 1.54) is 35.5 Å². The second kappa shape index (κ2) is 24.5. The number of carbonyl (C=O) groups is 4. The number of amidine groups is 1. The molecule has 2 aromatic carbocycles. The van der Waals surface area contributed by atoms with Crippen LogP contribution >= 0.6 is 23.1 Å². The number of benzene rings is 2. The van der Waals surface area contributed by atoms with E-state index in [1.54, 1.807) is 44.0 Å². The molecule has 1 fully saturated rings. The van der Waals surface area contributed by atoms with Gasteiger partial charge in [0.25, 0.3) is 23.3 Å². The minimum absolute atomic E-state index is 0.0838. The van der Waals surface area contributed by atoms with Gasteiger partial charge in [-0.15, -0.1) is 11.3 Å². The summed E-state index contributed by atoms with van der Waals surface area (Å²) in [5, 5.41) is 6.11. The van der Waals surface area contributed by atoms with Crippen molar-refractivity contribution in [2.24, 2.45) is 17.8 Å². The molecule has 3 heterocycles. The van der Waals surface area contributed by atoms with Crippen molar-refractivity contribution in [3.05, 3.63) is 75.0 Å². The van der Waals surface area contributed by atoms with Crippen LogP contribution < -0.4 is 36.1 Å². The third-order valence-corrected chi connectivity index (χ3v) is 11.1.